The summed E-state index contributed by atoms with van der Waals surface area (Å²) in [6.45, 7) is 9.00. The number of carbonyl (C=O) groups is 1. The van der Waals surface area contributed by atoms with E-state index >= 15 is 0 Å². The standard InChI is InChI=1S/C6H9O3.3C4H9.Sn/c1-4-9-6(7)5(2)8-3;3*1-3-4-2;/h2H,4H2,1,3H3;3*1,3-4H2,2H3;. The van der Waals surface area contributed by atoms with Crippen LogP contribution < -0.4 is 0 Å². The molecular formula is C18H36O3Sn. The van der Waals surface area contributed by atoms with Crippen molar-refractivity contribution in [3.8, 4) is 0 Å². The van der Waals surface area contributed by atoms with E-state index in [9.17, 15) is 4.79 Å². The van der Waals surface area contributed by atoms with Gasteiger partial charge < -0.3 is 0 Å². The molecule has 0 aliphatic carbocycles. The van der Waals surface area contributed by atoms with Gasteiger partial charge in [-0.3, -0.25) is 0 Å². The Morgan fingerprint density at radius 3 is 1.68 bits per heavy atom. The van der Waals surface area contributed by atoms with E-state index in [1.807, 2.05) is 6.92 Å². The van der Waals surface area contributed by atoms with Gasteiger partial charge in [0.05, 0.1) is 0 Å². The van der Waals surface area contributed by atoms with Crippen LogP contribution in [0.5, 0.6) is 0 Å². The second-order valence-corrected chi connectivity index (χ2v) is 19.0. The van der Waals surface area contributed by atoms with Crippen LogP contribution in [-0.2, 0) is 14.3 Å². The molecule has 0 bridgehead atoms. The summed E-state index contributed by atoms with van der Waals surface area (Å²) in [5, 5.41) is 0. The number of methoxy groups -OCH3 is 1. The number of rotatable bonds is 13. The van der Waals surface area contributed by atoms with Crippen molar-refractivity contribution in [3.63, 3.8) is 0 Å². The monoisotopic (exact) mass is 420 g/mol. The average molecular weight is 419 g/mol. The van der Waals surface area contributed by atoms with Crippen LogP contribution in [0.25, 0.3) is 0 Å². The van der Waals surface area contributed by atoms with Crippen LogP contribution in [-0.4, -0.2) is 38.1 Å². The zero-order chi connectivity index (χ0) is 16.8. The van der Waals surface area contributed by atoms with Gasteiger partial charge >= 0.3 is 142 Å². The van der Waals surface area contributed by atoms with Crippen LogP contribution in [0.4, 0.5) is 0 Å². The van der Waals surface area contributed by atoms with Crippen LogP contribution in [0.1, 0.15) is 66.2 Å². The van der Waals surface area contributed by atoms with E-state index in [0.717, 1.165) is 0 Å². The first-order valence-electron chi connectivity index (χ1n) is 9.03. The molecule has 0 spiro atoms. The summed E-state index contributed by atoms with van der Waals surface area (Å²) >= 11 is -2.49. The summed E-state index contributed by atoms with van der Waals surface area (Å²) in [6.07, 6.45) is 7.52. The summed E-state index contributed by atoms with van der Waals surface area (Å²) in [5.74, 6) is 0.191. The number of unbranched alkanes of at least 4 members (excludes halogenated alkanes) is 3. The zero-order valence-corrected chi connectivity index (χ0v) is 18.2. The van der Waals surface area contributed by atoms with Crippen molar-refractivity contribution in [2.24, 2.45) is 0 Å². The quantitative estimate of drug-likeness (QED) is 0.172. The molecular weight excluding hydrogens is 383 g/mol. The Morgan fingerprint density at radius 1 is 0.909 bits per heavy atom. The average Bonchev–Trinajstić information content (AvgIpc) is 2.53. The van der Waals surface area contributed by atoms with Crippen LogP contribution in [0, 0.1) is 0 Å². The molecule has 0 N–H and O–H groups in total. The van der Waals surface area contributed by atoms with E-state index in [4.69, 9.17) is 9.47 Å². The predicted molar refractivity (Wildman–Crippen MR) is 96.6 cm³/mol. The Morgan fingerprint density at radius 2 is 1.36 bits per heavy atom. The molecule has 0 amide bonds. The van der Waals surface area contributed by atoms with Gasteiger partial charge in [0, 0.05) is 0 Å². The number of esters is 1. The van der Waals surface area contributed by atoms with E-state index in [1.165, 1.54) is 51.8 Å². The van der Waals surface area contributed by atoms with Gasteiger partial charge in [-0.1, -0.05) is 0 Å². The zero-order valence-electron chi connectivity index (χ0n) is 15.4. The summed E-state index contributed by atoms with van der Waals surface area (Å²) in [7, 11) is 1.60. The molecule has 0 fully saturated rings. The summed E-state index contributed by atoms with van der Waals surface area (Å²) < 4.78 is 16.8. The summed E-state index contributed by atoms with van der Waals surface area (Å²) in [6, 6.07) is 0. The molecule has 0 saturated carbocycles. The van der Waals surface area contributed by atoms with E-state index in [-0.39, 0.29) is 5.97 Å². The van der Waals surface area contributed by atoms with Gasteiger partial charge in [0.2, 0.25) is 0 Å². The molecule has 0 atom stereocenters. The Balaban J connectivity index is 5.37. The minimum absolute atomic E-state index is 0.282. The predicted octanol–water partition coefficient (Wildman–Crippen LogP) is 5.47. The molecule has 0 aliphatic heterocycles. The number of hydrogen-bond acceptors (Lipinski definition) is 3. The first-order chi connectivity index (χ1) is 10.6. The first-order valence-corrected chi connectivity index (χ1v) is 16.7. The Labute approximate surface area is 141 Å². The van der Waals surface area contributed by atoms with Crippen LogP contribution in [0.3, 0.4) is 0 Å². The van der Waals surface area contributed by atoms with Gasteiger partial charge in [0.15, 0.2) is 0 Å². The fraction of sp³-hybridized carbons (Fsp3) is 0.833. The Hall–Kier alpha value is -0.191. The van der Waals surface area contributed by atoms with Crippen LogP contribution >= 0.6 is 0 Å². The SMILES string of the molecule is CCC[CH2][Sn]([CH]=C(OC)C(=O)OCC)([CH2]CCC)[CH2]CCC. The fourth-order valence-electron chi connectivity index (χ4n) is 2.86. The molecule has 0 aliphatic rings. The third-order valence-corrected chi connectivity index (χ3v) is 18.3. The minimum atomic E-state index is -2.49. The summed E-state index contributed by atoms with van der Waals surface area (Å²) in [4.78, 5) is 12.1. The van der Waals surface area contributed by atoms with E-state index in [1.54, 1.807) is 7.11 Å². The van der Waals surface area contributed by atoms with Gasteiger partial charge in [0.1, 0.15) is 0 Å². The maximum atomic E-state index is 12.1. The van der Waals surface area contributed by atoms with E-state index in [2.05, 4.69) is 24.9 Å². The molecule has 0 aromatic heterocycles. The normalized spacial score (nSPS) is 12.3. The molecule has 0 rings (SSSR count). The topological polar surface area (TPSA) is 35.5 Å². The molecule has 0 saturated heterocycles. The number of ether oxygens (including phenoxy) is 2. The van der Waals surface area contributed by atoms with Gasteiger partial charge in [-0.05, 0) is 0 Å². The van der Waals surface area contributed by atoms with Crippen molar-refractivity contribution < 1.29 is 14.3 Å². The van der Waals surface area contributed by atoms with Gasteiger partial charge in [-0.15, -0.1) is 0 Å². The molecule has 0 aromatic rings. The third kappa shape index (κ3) is 8.44. The molecule has 0 unspecified atom stereocenters. The third-order valence-electron chi connectivity index (χ3n) is 4.22. The first kappa shape index (κ1) is 21.8. The van der Waals surface area contributed by atoms with Crippen LogP contribution in [0.2, 0.25) is 13.3 Å². The van der Waals surface area contributed by atoms with Crippen molar-refractivity contribution in [3.05, 3.63) is 9.85 Å². The van der Waals surface area contributed by atoms with Gasteiger partial charge in [0.25, 0.3) is 0 Å². The molecule has 4 heteroatoms. The molecule has 0 heterocycles. The van der Waals surface area contributed by atoms with Crippen molar-refractivity contribution in [2.75, 3.05) is 13.7 Å². The van der Waals surface area contributed by atoms with E-state index in [0.29, 0.717) is 12.4 Å². The molecule has 3 nitrogen and oxygen atoms in total. The van der Waals surface area contributed by atoms with Gasteiger partial charge in [-0.25, -0.2) is 0 Å². The second kappa shape index (κ2) is 13.3. The van der Waals surface area contributed by atoms with Crippen molar-refractivity contribution in [1.82, 2.24) is 0 Å². The molecule has 0 radical (unpaired) electrons. The maximum absolute atomic E-state index is 12.1. The number of carbonyl (C=O) groups excluding carboxylic acids is 1. The molecule has 0 aromatic carbocycles. The fourth-order valence-corrected chi connectivity index (χ4v) is 17.6. The van der Waals surface area contributed by atoms with Crippen molar-refractivity contribution >= 4 is 24.3 Å². The number of hydrogen-bond donors (Lipinski definition) is 0. The Bertz CT molecular complexity index is 305. The van der Waals surface area contributed by atoms with Crippen molar-refractivity contribution in [2.45, 2.75) is 79.5 Å². The van der Waals surface area contributed by atoms with Gasteiger partial charge in [-0.2, -0.15) is 0 Å². The summed E-state index contributed by atoms with van der Waals surface area (Å²) in [5.41, 5.74) is 0. The Kier molecular flexibility index (Phi) is 13.2. The second-order valence-electron chi connectivity index (χ2n) is 6.11. The van der Waals surface area contributed by atoms with Crippen molar-refractivity contribution in [1.29, 1.82) is 0 Å². The van der Waals surface area contributed by atoms with Crippen LogP contribution in [0.15, 0.2) is 9.85 Å². The van der Waals surface area contributed by atoms with E-state index < -0.39 is 18.4 Å². The molecule has 130 valence electrons. The molecule has 22 heavy (non-hydrogen) atoms.